The van der Waals surface area contributed by atoms with Crippen molar-refractivity contribution in [3.63, 3.8) is 0 Å². The molecule has 0 aromatic carbocycles. The highest BCUT2D eigenvalue weighted by Gasteiger charge is 2.22. The summed E-state index contributed by atoms with van der Waals surface area (Å²) in [6.45, 7) is 6.53. The summed E-state index contributed by atoms with van der Waals surface area (Å²) in [4.78, 5) is 0. The Morgan fingerprint density at radius 1 is 0.727 bits per heavy atom. The molecule has 1 rings (SSSR count). The van der Waals surface area contributed by atoms with Gasteiger partial charge in [0.15, 0.2) is 0 Å². The van der Waals surface area contributed by atoms with Gasteiger partial charge in [-0.25, -0.2) is 0 Å². The molecule has 2 unspecified atom stereocenters. The van der Waals surface area contributed by atoms with Crippen molar-refractivity contribution >= 4 is 0 Å². The highest BCUT2D eigenvalue weighted by Crippen LogP contribution is 2.24. The number of ether oxygens (including phenoxy) is 2. The predicted octanol–water partition coefficient (Wildman–Crippen LogP) is 3.15. The van der Waals surface area contributed by atoms with Gasteiger partial charge in [-0.05, 0) is 63.2 Å². The van der Waals surface area contributed by atoms with Gasteiger partial charge in [0, 0.05) is 26.4 Å². The molecule has 0 bridgehead atoms. The first-order chi connectivity index (χ1) is 10.7. The van der Waals surface area contributed by atoms with Gasteiger partial charge in [-0.2, -0.15) is 0 Å². The molecule has 1 saturated carbocycles. The van der Waals surface area contributed by atoms with Crippen LogP contribution in [0.5, 0.6) is 0 Å². The summed E-state index contributed by atoms with van der Waals surface area (Å²) in [6, 6.07) is 0. The molecule has 0 heterocycles. The maximum atomic E-state index is 8.88. The number of aliphatic hydroxyl groups excluding tert-OH is 2. The van der Waals surface area contributed by atoms with Crippen molar-refractivity contribution < 1.29 is 19.7 Å². The minimum absolute atomic E-state index is 0.278. The van der Waals surface area contributed by atoms with Crippen molar-refractivity contribution in [2.45, 2.75) is 77.4 Å². The van der Waals surface area contributed by atoms with Crippen LogP contribution in [0.15, 0.2) is 0 Å². The van der Waals surface area contributed by atoms with E-state index in [-0.39, 0.29) is 13.2 Å². The summed E-state index contributed by atoms with van der Waals surface area (Å²) < 4.78 is 11.9. The number of hydrogen-bond donors (Lipinski definition) is 2. The lowest BCUT2D eigenvalue weighted by molar-refractivity contribution is -0.0363. The van der Waals surface area contributed by atoms with Crippen molar-refractivity contribution in [3.05, 3.63) is 0 Å². The van der Waals surface area contributed by atoms with Crippen LogP contribution in [-0.4, -0.2) is 48.8 Å². The fraction of sp³-hybridized carbons (Fsp3) is 1.00. The van der Waals surface area contributed by atoms with Gasteiger partial charge < -0.3 is 19.7 Å². The van der Waals surface area contributed by atoms with Crippen LogP contribution < -0.4 is 0 Å². The highest BCUT2D eigenvalue weighted by atomic mass is 16.5. The van der Waals surface area contributed by atoms with Gasteiger partial charge in [-0.15, -0.1) is 0 Å². The first kappa shape index (κ1) is 19.9. The first-order valence-electron chi connectivity index (χ1n) is 9.10. The van der Waals surface area contributed by atoms with E-state index in [1.807, 2.05) is 0 Å². The molecule has 2 atom stereocenters. The molecule has 0 spiro atoms. The molecule has 0 amide bonds. The SMILES string of the molecule is CC(CCO)CCOC1CCC(OCCC(C)CCO)CC1. The molecule has 0 aliphatic heterocycles. The molecule has 0 radical (unpaired) electrons. The average Bonchev–Trinajstić information content (AvgIpc) is 2.49. The average molecular weight is 316 g/mol. The molecule has 1 aliphatic carbocycles. The van der Waals surface area contributed by atoms with E-state index >= 15 is 0 Å². The normalized spacial score (nSPS) is 25.1. The smallest absolute Gasteiger partial charge is 0.0577 e. The maximum Gasteiger partial charge on any atom is 0.0577 e. The molecular weight excluding hydrogens is 280 g/mol. The van der Waals surface area contributed by atoms with Gasteiger partial charge in [0.2, 0.25) is 0 Å². The van der Waals surface area contributed by atoms with E-state index < -0.39 is 0 Å². The van der Waals surface area contributed by atoms with Crippen LogP contribution in [0.4, 0.5) is 0 Å². The summed E-state index contributed by atoms with van der Waals surface area (Å²) in [6.07, 6.45) is 9.04. The molecule has 1 aliphatic rings. The minimum Gasteiger partial charge on any atom is -0.396 e. The zero-order valence-electron chi connectivity index (χ0n) is 14.5. The summed E-state index contributed by atoms with van der Waals surface area (Å²) in [5.41, 5.74) is 0. The largest absolute Gasteiger partial charge is 0.396 e. The lowest BCUT2D eigenvalue weighted by atomic mass is 9.94. The molecule has 4 heteroatoms. The minimum atomic E-state index is 0.278. The molecule has 4 nitrogen and oxygen atoms in total. The fourth-order valence-corrected chi connectivity index (χ4v) is 2.97. The Hall–Kier alpha value is -0.160. The molecule has 0 aromatic heterocycles. The van der Waals surface area contributed by atoms with Crippen LogP contribution in [0.1, 0.15) is 65.2 Å². The first-order valence-corrected chi connectivity index (χ1v) is 9.10. The Balaban J connectivity index is 2.01. The Bertz CT molecular complexity index is 225. The van der Waals surface area contributed by atoms with Crippen molar-refractivity contribution in [1.82, 2.24) is 0 Å². The van der Waals surface area contributed by atoms with E-state index in [2.05, 4.69) is 13.8 Å². The van der Waals surface area contributed by atoms with Crippen LogP contribution in [0.3, 0.4) is 0 Å². The van der Waals surface area contributed by atoms with Gasteiger partial charge in [0.05, 0.1) is 12.2 Å². The Morgan fingerprint density at radius 3 is 1.41 bits per heavy atom. The van der Waals surface area contributed by atoms with Crippen molar-refractivity contribution in [2.75, 3.05) is 26.4 Å². The quantitative estimate of drug-likeness (QED) is 0.581. The Labute approximate surface area is 136 Å². The van der Waals surface area contributed by atoms with Gasteiger partial charge in [0.1, 0.15) is 0 Å². The molecule has 22 heavy (non-hydrogen) atoms. The summed E-state index contributed by atoms with van der Waals surface area (Å²) in [5.74, 6) is 1.09. The fourth-order valence-electron chi connectivity index (χ4n) is 2.97. The standard InChI is InChI=1S/C18H36O4/c1-15(7-11-19)9-13-21-17-3-5-18(6-4-17)22-14-10-16(2)8-12-20/h15-20H,3-14H2,1-2H3. The van der Waals surface area contributed by atoms with E-state index in [0.29, 0.717) is 24.0 Å². The van der Waals surface area contributed by atoms with Gasteiger partial charge >= 0.3 is 0 Å². The van der Waals surface area contributed by atoms with E-state index in [4.69, 9.17) is 19.7 Å². The van der Waals surface area contributed by atoms with Crippen LogP contribution in [0.2, 0.25) is 0 Å². The summed E-state index contributed by atoms with van der Waals surface area (Å²) in [7, 11) is 0. The monoisotopic (exact) mass is 316 g/mol. The second-order valence-electron chi connectivity index (χ2n) is 6.95. The van der Waals surface area contributed by atoms with E-state index in [1.165, 1.54) is 0 Å². The second-order valence-corrected chi connectivity index (χ2v) is 6.95. The van der Waals surface area contributed by atoms with E-state index in [0.717, 1.165) is 64.6 Å². The molecule has 132 valence electrons. The summed E-state index contributed by atoms with van der Waals surface area (Å²) in [5, 5.41) is 17.8. The third-order valence-corrected chi connectivity index (χ3v) is 4.79. The second kappa shape index (κ2) is 12.3. The number of aliphatic hydroxyl groups is 2. The Kier molecular flexibility index (Phi) is 11.1. The molecule has 1 fully saturated rings. The van der Waals surface area contributed by atoms with Crippen LogP contribution in [-0.2, 0) is 9.47 Å². The zero-order chi connectivity index (χ0) is 16.2. The third kappa shape index (κ3) is 9.09. The van der Waals surface area contributed by atoms with Crippen molar-refractivity contribution in [2.24, 2.45) is 11.8 Å². The number of rotatable bonds is 12. The van der Waals surface area contributed by atoms with Crippen molar-refractivity contribution in [3.8, 4) is 0 Å². The zero-order valence-corrected chi connectivity index (χ0v) is 14.5. The topological polar surface area (TPSA) is 58.9 Å². The highest BCUT2D eigenvalue weighted by molar-refractivity contribution is 4.73. The van der Waals surface area contributed by atoms with Crippen molar-refractivity contribution in [1.29, 1.82) is 0 Å². The third-order valence-electron chi connectivity index (χ3n) is 4.79. The summed E-state index contributed by atoms with van der Waals surface area (Å²) >= 11 is 0. The molecule has 2 N–H and O–H groups in total. The van der Waals surface area contributed by atoms with Gasteiger partial charge in [-0.1, -0.05) is 13.8 Å². The van der Waals surface area contributed by atoms with E-state index in [9.17, 15) is 0 Å². The maximum absolute atomic E-state index is 8.88. The lowest BCUT2D eigenvalue weighted by Crippen LogP contribution is -2.27. The molecule has 0 saturated heterocycles. The predicted molar refractivity (Wildman–Crippen MR) is 88.9 cm³/mol. The van der Waals surface area contributed by atoms with Crippen LogP contribution in [0.25, 0.3) is 0 Å². The van der Waals surface area contributed by atoms with Crippen LogP contribution >= 0.6 is 0 Å². The van der Waals surface area contributed by atoms with E-state index in [1.54, 1.807) is 0 Å². The lowest BCUT2D eigenvalue weighted by Gasteiger charge is -2.29. The van der Waals surface area contributed by atoms with Crippen LogP contribution in [0, 0.1) is 11.8 Å². The Morgan fingerprint density at radius 2 is 1.09 bits per heavy atom. The van der Waals surface area contributed by atoms with Gasteiger partial charge in [-0.3, -0.25) is 0 Å². The number of hydrogen-bond acceptors (Lipinski definition) is 4. The molecular formula is C18H36O4. The molecule has 0 aromatic rings. The van der Waals surface area contributed by atoms with Gasteiger partial charge in [0.25, 0.3) is 0 Å².